The molecule has 2 heterocycles. The van der Waals surface area contributed by atoms with Gasteiger partial charge in [-0.25, -0.2) is 9.97 Å². The maximum absolute atomic E-state index is 12.5. The number of aromatic nitrogens is 3. The summed E-state index contributed by atoms with van der Waals surface area (Å²) in [5.41, 5.74) is 3.55. The zero-order valence-electron chi connectivity index (χ0n) is 15.5. The molecule has 140 valence electrons. The average molecular weight is 388 g/mol. The number of carbonyl (C=O) groups excluding carboxylic acids is 1. The summed E-state index contributed by atoms with van der Waals surface area (Å²) in [5, 5.41) is 5.66. The van der Waals surface area contributed by atoms with Crippen LogP contribution in [0, 0.1) is 6.92 Å². The van der Waals surface area contributed by atoms with Gasteiger partial charge in [0.25, 0.3) is 5.91 Å². The lowest BCUT2D eigenvalue weighted by Gasteiger charge is -2.07. The predicted molar refractivity (Wildman–Crippen MR) is 112 cm³/mol. The molecule has 0 bridgehead atoms. The lowest BCUT2D eigenvalue weighted by molar-refractivity contribution is 0.102. The van der Waals surface area contributed by atoms with Crippen molar-refractivity contribution in [1.82, 2.24) is 14.5 Å². The van der Waals surface area contributed by atoms with Gasteiger partial charge >= 0.3 is 0 Å². The molecule has 5 nitrogen and oxygen atoms in total. The van der Waals surface area contributed by atoms with Crippen LogP contribution < -0.4 is 5.32 Å². The molecular weight excluding hydrogens is 368 g/mol. The monoisotopic (exact) mass is 388 g/mol. The quantitative estimate of drug-likeness (QED) is 0.527. The Morgan fingerprint density at radius 3 is 2.57 bits per heavy atom. The van der Waals surface area contributed by atoms with Gasteiger partial charge in [0.1, 0.15) is 11.5 Å². The minimum absolute atomic E-state index is 0.186. The molecule has 0 atom stereocenters. The van der Waals surface area contributed by atoms with Crippen LogP contribution in [0.15, 0.2) is 72.4 Å². The van der Waals surface area contributed by atoms with Crippen LogP contribution in [-0.2, 0) is 13.0 Å². The molecule has 0 spiro atoms. The summed E-state index contributed by atoms with van der Waals surface area (Å²) in [4.78, 5) is 21.2. The van der Waals surface area contributed by atoms with E-state index in [9.17, 15) is 4.79 Å². The zero-order valence-corrected chi connectivity index (χ0v) is 16.3. The second-order valence-corrected chi connectivity index (χ2v) is 7.48. The lowest BCUT2D eigenvalue weighted by atomic mass is 10.2. The molecule has 4 aromatic rings. The number of nitrogens with one attached hydrogen (secondary N) is 1. The van der Waals surface area contributed by atoms with Crippen molar-refractivity contribution in [2.24, 2.45) is 0 Å². The van der Waals surface area contributed by atoms with Gasteiger partial charge in [-0.3, -0.25) is 4.79 Å². The molecule has 0 fully saturated rings. The number of anilines is 1. The van der Waals surface area contributed by atoms with E-state index < -0.39 is 0 Å². The van der Waals surface area contributed by atoms with Crippen LogP contribution in [0.5, 0.6) is 0 Å². The molecule has 0 saturated heterocycles. The Balaban J connectivity index is 1.38. The summed E-state index contributed by atoms with van der Waals surface area (Å²) in [6.45, 7) is 2.74. The minimum atomic E-state index is -0.186. The Hall–Kier alpha value is -3.25. The molecule has 0 aliphatic carbocycles. The van der Waals surface area contributed by atoms with Gasteiger partial charge < -0.3 is 9.88 Å². The van der Waals surface area contributed by atoms with Crippen LogP contribution in [-0.4, -0.2) is 20.4 Å². The second kappa shape index (κ2) is 8.19. The first kappa shape index (κ1) is 18.1. The van der Waals surface area contributed by atoms with E-state index in [-0.39, 0.29) is 5.91 Å². The lowest BCUT2D eigenvalue weighted by Crippen LogP contribution is -2.12. The van der Waals surface area contributed by atoms with E-state index in [2.05, 4.69) is 32.0 Å². The smallest absolute Gasteiger partial charge is 0.275 e. The summed E-state index contributed by atoms with van der Waals surface area (Å²) in [7, 11) is 0. The molecule has 0 radical (unpaired) electrons. The molecule has 2 aromatic heterocycles. The Morgan fingerprint density at radius 2 is 1.86 bits per heavy atom. The maximum atomic E-state index is 12.5. The van der Waals surface area contributed by atoms with Gasteiger partial charge in [-0.2, -0.15) is 0 Å². The first-order chi connectivity index (χ1) is 13.7. The molecule has 0 aliphatic rings. The van der Waals surface area contributed by atoms with Crippen molar-refractivity contribution in [3.63, 3.8) is 0 Å². The number of nitrogens with zero attached hydrogens (tertiary/aromatic N) is 3. The third-order valence-corrected chi connectivity index (χ3v) is 5.32. The van der Waals surface area contributed by atoms with E-state index in [1.165, 1.54) is 16.9 Å². The Morgan fingerprint density at radius 1 is 1.07 bits per heavy atom. The Labute approximate surface area is 167 Å². The number of rotatable bonds is 6. The minimum Gasteiger partial charge on any atom is -0.331 e. The fraction of sp³-hybridized carbons (Fsp3) is 0.136. The maximum Gasteiger partial charge on any atom is 0.275 e. The van der Waals surface area contributed by atoms with Crippen molar-refractivity contribution >= 4 is 22.9 Å². The van der Waals surface area contributed by atoms with Crippen molar-refractivity contribution < 1.29 is 4.79 Å². The van der Waals surface area contributed by atoms with Gasteiger partial charge in [0.15, 0.2) is 0 Å². The van der Waals surface area contributed by atoms with Gasteiger partial charge in [-0.15, -0.1) is 11.3 Å². The van der Waals surface area contributed by atoms with E-state index >= 15 is 0 Å². The standard InChI is InChI=1S/C22H20N4OS/c1-16-23-11-12-26(16)14-18-7-9-19(10-8-18)24-22(27)20-15-28-21(25-20)13-17-5-3-2-4-6-17/h2-12,15H,13-14H2,1H3,(H,24,27). The number of benzene rings is 2. The third-order valence-electron chi connectivity index (χ3n) is 4.47. The van der Waals surface area contributed by atoms with Crippen LogP contribution in [0.25, 0.3) is 0 Å². The van der Waals surface area contributed by atoms with Crippen molar-refractivity contribution in [3.8, 4) is 0 Å². The van der Waals surface area contributed by atoms with Crippen molar-refractivity contribution in [1.29, 1.82) is 0 Å². The van der Waals surface area contributed by atoms with E-state index in [4.69, 9.17) is 0 Å². The zero-order chi connectivity index (χ0) is 19.3. The molecule has 1 amide bonds. The van der Waals surface area contributed by atoms with E-state index in [0.717, 1.165) is 35.0 Å². The van der Waals surface area contributed by atoms with Crippen LogP contribution >= 0.6 is 11.3 Å². The van der Waals surface area contributed by atoms with E-state index in [0.29, 0.717) is 5.69 Å². The van der Waals surface area contributed by atoms with Crippen molar-refractivity contribution in [2.45, 2.75) is 19.9 Å². The topological polar surface area (TPSA) is 59.8 Å². The molecule has 1 N–H and O–H groups in total. The fourth-order valence-electron chi connectivity index (χ4n) is 2.92. The Kier molecular flexibility index (Phi) is 5.30. The number of carbonyl (C=O) groups is 1. The van der Waals surface area contributed by atoms with Crippen LogP contribution in [0.2, 0.25) is 0 Å². The van der Waals surface area contributed by atoms with Gasteiger partial charge in [-0.1, -0.05) is 42.5 Å². The SMILES string of the molecule is Cc1nccn1Cc1ccc(NC(=O)c2csc(Cc3ccccc3)n2)cc1. The fourth-order valence-corrected chi connectivity index (χ4v) is 3.73. The van der Waals surface area contributed by atoms with Crippen LogP contribution in [0.1, 0.15) is 32.4 Å². The third kappa shape index (κ3) is 4.35. The highest BCUT2D eigenvalue weighted by molar-refractivity contribution is 7.09. The van der Waals surface area contributed by atoms with Gasteiger partial charge in [-0.05, 0) is 30.2 Å². The normalized spacial score (nSPS) is 10.8. The predicted octanol–water partition coefficient (Wildman–Crippen LogP) is 4.54. The number of hydrogen-bond donors (Lipinski definition) is 1. The van der Waals surface area contributed by atoms with Gasteiger partial charge in [0, 0.05) is 36.4 Å². The summed E-state index contributed by atoms with van der Waals surface area (Å²) >= 11 is 1.51. The van der Waals surface area contributed by atoms with Crippen LogP contribution in [0.4, 0.5) is 5.69 Å². The average Bonchev–Trinajstić information content (AvgIpc) is 3.34. The highest BCUT2D eigenvalue weighted by Crippen LogP contribution is 2.17. The largest absolute Gasteiger partial charge is 0.331 e. The molecule has 28 heavy (non-hydrogen) atoms. The highest BCUT2D eigenvalue weighted by atomic mass is 32.1. The van der Waals surface area contributed by atoms with Crippen molar-refractivity contribution in [2.75, 3.05) is 5.32 Å². The first-order valence-corrected chi connectivity index (χ1v) is 9.92. The summed E-state index contributed by atoms with van der Waals surface area (Å²) in [5.74, 6) is 0.793. The molecule has 2 aromatic carbocycles. The van der Waals surface area contributed by atoms with E-state index in [1.54, 1.807) is 6.20 Å². The van der Waals surface area contributed by atoms with Gasteiger partial charge in [0.2, 0.25) is 0 Å². The number of imidazole rings is 1. The summed E-state index contributed by atoms with van der Waals surface area (Å²) < 4.78 is 2.08. The number of aryl methyl sites for hydroxylation is 1. The second-order valence-electron chi connectivity index (χ2n) is 6.54. The number of hydrogen-bond acceptors (Lipinski definition) is 4. The molecule has 0 aliphatic heterocycles. The van der Waals surface area contributed by atoms with Gasteiger partial charge in [0.05, 0.1) is 5.01 Å². The van der Waals surface area contributed by atoms with Crippen molar-refractivity contribution in [3.05, 3.63) is 100 Å². The first-order valence-electron chi connectivity index (χ1n) is 9.04. The summed E-state index contributed by atoms with van der Waals surface area (Å²) in [6, 6.07) is 18.0. The Bertz CT molecular complexity index is 1070. The number of thiazole rings is 1. The highest BCUT2D eigenvalue weighted by Gasteiger charge is 2.11. The number of amides is 1. The molecule has 0 saturated carbocycles. The summed E-state index contributed by atoms with van der Waals surface area (Å²) in [6.07, 6.45) is 4.49. The molecule has 6 heteroatoms. The van der Waals surface area contributed by atoms with E-state index in [1.807, 2.05) is 61.0 Å². The molecule has 4 rings (SSSR count). The molecule has 0 unspecified atom stereocenters. The molecular formula is C22H20N4OS. The van der Waals surface area contributed by atoms with Crippen LogP contribution in [0.3, 0.4) is 0 Å².